The van der Waals surface area contributed by atoms with Crippen LogP contribution in [0, 0.1) is 0 Å². The van der Waals surface area contributed by atoms with Crippen molar-refractivity contribution in [2.24, 2.45) is 5.73 Å². The quantitative estimate of drug-likeness (QED) is 0.785. The van der Waals surface area contributed by atoms with Crippen LogP contribution in [0.2, 0.25) is 0 Å². The lowest BCUT2D eigenvalue weighted by Crippen LogP contribution is -2.33. The summed E-state index contributed by atoms with van der Waals surface area (Å²) in [7, 11) is 0. The molecule has 2 heterocycles. The Kier molecular flexibility index (Phi) is 3.86. The van der Waals surface area contributed by atoms with Gasteiger partial charge in [0.05, 0.1) is 6.10 Å². The minimum atomic E-state index is 0.278. The van der Waals surface area contributed by atoms with Crippen molar-refractivity contribution in [3.05, 3.63) is 18.0 Å². The van der Waals surface area contributed by atoms with Crippen molar-refractivity contribution < 1.29 is 4.74 Å². The Bertz CT molecular complexity index is 412. The lowest BCUT2D eigenvalue weighted by molar-refractivity contribution is 0.0231. The molecular weight excluding hydrogens is 236 g/mol. The number of hydrogen-bond acceptors (Lipinski definition) is 5. The van der Waals surface area contributed by atoms with Gasteiger partial charge in [0.2, 0.25) is 5.95 Å². The van der Waals surface area contributed by atoms with Gasteiger partial charge in [-0.25, -0.2) is 9.97 Å². The minimum absolute atomic E-state index is 0.278. The van der Waals surface area contributed by atoms with Crippen LogP contribution in [0.3, 0.4) is 0 Å². The van der Waals surface area contributed by atoms with Crippen LogP contribution in [-0.4, -0.2) is 33.7 Å². The molecule has 1 aromatic rings. The molecule has 2 atom stereocenters. The number of aromatic nitrogens is 2. The normalized spacial score (nSPS) is 24.3. The van der Waals surface area contributed by atoms with E-state index in [1.165, 1.54) is 0 Å². The summed E-state index contributed by atoms with van der Waals surface area (Å²) >= 11 is 4.88. The standard InChI is InChI=1S/C11H16N4OS/c1-7-6-8(3-5-16-7)14-11-13-4-2-9(15-11)10(12)17/h2,4,7-8H,3,5-6H2,1H3,(H2,12,17)(H,13,14,15). The van der Waals surface area contributed by atoms with Crippen LogP contribution in [0.5, 0.6) is 0 Å². The van der Waals surface area contributed by atoms with Gasteiger partial charge >= 0.3 is 0 Å². The van der Waals surface area contributed by atoms with Gasteiger partial charge in [0.25, 0.3) is 0 Å². The smallest absolute Gasteiger partial charge is 0.223 e. The Morgan fingerprint density at radius 1 is 1.65 bits per heavy atom. The molecule has 1 aromatic heterocycles. The number of anilines is 1. The summed E-state index contributed by atoms with van der Waals surface area (Å²) in [4.78, 5) is 8.71. The highest BCUT2D eigenvalue weighted by atomic mass is 32.1. The number of nitrogens with one attached hydrogen (secondary N) is 1. The van der Waals surface area contributed by atoms with Gasteiger partial charge in [0.1, 0.15) is 10.7 Å². The highest BCUT2D eigenvalue weighted by molar-refractivity contribution is 7.80. The van der Waals surface area contributed by atoms with Crippen molar-refractivity contribution in [3.63, 3.8) is 0 Å². The molecule has 3 N–H and O–H groups in total. The highest BCUT2D eigenvalue weighted by Crippen LogP contribution is 2.16. The maximum absolute atomic E-state index is 5.53. The second kappa shape index (κ2) is 5.37. The minimum Gasteiger partial charge on any atom is -0.388 e. The SMILES string of the molecule is CC1CC(Nc2nccc(C(N)=S)n2)CCO1. The van der Waals surface area contributed by atoms with Crippen LogP contribution < -0.4 is 11.1 Å². The molecule has 0 aromatic carbocycles. The van der Waals surface area contributed by atoms with E-state index in [1.807, 2.05) is 0 Å². The number of hydrogen-bond donors (Lipinski definition) is 2. The fourth-order valence-corrected chi connectivity index (χ4v) is 1.99. The molecule has 0 amide bonds. The van der Waals surface area contributed by atoms with Crippen LogP contribution >= 0.6 is 12.2 Å². The van der Waals surface area contributed by atoms with E-state index in [0.29, 0.717) is 17.7 Å². The number of ether oxygens (including phenoxy) is 1. The molecule has 0 spiro atoms. The Morgan fingerprint density at radius 3 is 3.18 bits per heavy atom. The van der Waals surface area contributed by atoms with E-state index < -0.39 is 0 Å². The molecule has 1 fully saturated rings. The summed E-state index contributed by atoms with van der Waals surface area (Å²) in [6.07, 6.45) is 3.86. The van der Waals surface area contributed by atoms with Crippen molar-refractivity contribution in [3.8, 4) is 0 Å². The van der Waals surface area contributed by atoms with Crippen LogP contribution in [0.1, 0.15) is 25.5 Å². The number of nitrogens with two attached hydrogens (primary N) is 1. The Morgan fingerprint density at radius 2 is 2.47 bits per heavy atom. The first-order valence-electron chi connectivity index (χ1n) is 5.66. The number of thiocarbonyl (C=S) groups is 1. The molecule has 0 aliphatic carbocycles. The molecule has 0 bridgehead atoms. The lowest BCUT2D eigenvalue weighted by atomic mass is 10.0. The molecule has 2 rings (SSSR count). The molecule has 92 valence electrons. The van der Waals surface area contributed by atoms with Gasteiger partial charge in [-0.05, 0) is 25.8 Å². The summed E-state index contributed by atoms with van der Waals surface area (Å²) in [6.45, 7) is 2.84. The molecule has 17 heavy (non-hydrogen) atoms. The molecule has 0 radical (unpaired) electrons. The average molecular weight is 252 g/mol. The van der Waals surface area contributed by atoms with Crippen molar-refractivity contribution >= 4 is 23.2 Å². The number of rotatable bonds is 3. The second-order valence-corrected chi connectivity index (χ2v) is 4.62. The fraction of sp³-hybridized carbons (Fsp3) is 0.545. The van der Waals surface area contributed by atoms with E-state index in [9.17, 15) is 0 Å². The maximum atomic E-state index is 5.53. The molecule has 1 saturated heterocycles. The predicted molar refractivity (Wildman–Crippen MR) is 70.0 cm³/mol. The van der Waals surface area contributed by atoms with Crippen LogP contribution in [0.15, 0.2) is 12.3 Å². The maximum Gasteiger partial charge on any atom is 0.223 e. The predicted octanol–water partition coefficient (Wildman–Crippen LogP) is 1.09. The van der Waals surface area contributed by atoms with E-state index in [4.69, 9.17) is 22.7 Å². The van der Waals surface area contributed by atoms with E-state index in [0.717, 1.165) is 19.4 Å². The van der Waals surface area contributed by atoms with Crippen LogP contribution in [0.4, 0.5) is 5.95 Å². The largest absolute Gasteiger partial charge is 0.388 e. The zero-order valence-corrected chi connectivity index (χ0v) is 10.5. The van der Waals surface area contributed by atoms with E-state index >= 15 is 0 Å². The first-order valence-corrected chi connectivity index (χ1v) is 6.07. The molecular formula is C11H16N4OS. The zero-order chi connectivity index (χ0) is 12.3. The summed E-state index contributed by atoms with van der Waals surface area (Å²) < 4.78 is 5.49. The average Bonchev–Trinajstić information content (AvgIpc) is 2.29. The zero-order valence-electron chi connectivity index (χ0n) is 9.72. The third-order valence-corrected chi connectivity index (χ3v) is 2.94. The molecule has 0 saturated carbocycles. The molecule has 1 aliphatic rings. The first kappa shape index (κ1) is 12.2. The molecule has 5 nitrogen and oxygen atoms in total. The summed E-state index contributed by atoms with van der Waals surface area (Å²) in [5.74, 6) is 0.578. The first-order chi connectivity index (χ1) is 8.15. The van der Waals surface area contributed by atoms with Crippen molar-refractivity contribution in [2.45, 2.75) is 31.9 Å². The van der Waals surface area contributed by atoms with Crippen molar-refractivity contribution in [2.75, 3.05) is 11.9 Å². The highest BCUT2D eigenvalue weighted by Gasteiger charge is 2.19. The van der Waals surface area contributed by atoms with E-state index in [-0.39, 0.29) is 11.1 Å². The van der Waals surface area contributed by atoms with Gasteiger partial charge in [-0.15, -0.1) is 0 Å². The monoisotopic (exact) mass is 252 g/mol. The van der Waals surface area contributed by atoms with Crippen molar-refractivity contribution in [1.29, 1.82) is 0 Å². The van der Waals surface area contributed by atoms with Crippen LogP contribution in [-0.2, 0) is 4.74 Å². The third-order valence-electron chi connectivity index (χ3n) is 2.73. The third kappa shape index (κ3) is 3.34. The van der Waals surface area contributed by atoms with Gasteiger partial charge in [0.15, 0.2) is 0 Å². The van der Waals surface area contributed by atoms with Crippen molar-refractivity contribution in [1.82, 2.24) is 9.97 Å². The van der Waals surface area contributed by atoms with Crippen LogP contribution in [0.25, 0.3) is 0 Å². The lowest BCUT2D eigenvalue weighted by Gasteiger charge is -2.27. The molecule has 1 aliphatic heterocycles. The summed E-state index contributed by atoms with van der Waals surface area (Å²) in [5.41, 5.74) is 6.13. The fourth-order valence-electron chi connectivity index (χ4n) is 1.88. The summed E-state index contributed by atoms with van der Waals surface area (Å²) in [5, 5.41) is 3.29. The number of nitrogens with zero attached hydrogens (tertiary/aromatic N) is 2. The van der Waals surface area contributed by atoms with Gasteiger partial charge in [-0.3, -0.25) is 0 Å². The molecule has 2 unspecified atom stereocenters. The van der Waals surface area contributed by atoms with E-state index in [1.54, 1.807) is 12.3 Å². The van der Waals surface area contributed by atoms with Gasteiger partial charge in [-0.1, -0.05) is 12.2 Å². The second-order valence-electron chi connectivity index (χ2n) is 4.18. The molecule has 6 heteroatoms. The van der Waals surface area contributed by atoms with Gasteiger partial charge in [-0.2, -0.15) is 0 Å². The summed E-state index contributed by atoms with van der Waals surface area (Å²) in [6, 6.07) is 2.06. The van der Waals surface area contributed by atoms with E-state index in [2.05, 4.69) is 22.2 Å². The Labute approximate surface area is 106 Å². The van der Waals surface area contributed by atoms with Gasteiger partial charge in [0, 0.05) is 18.8 Å². The Balaban J connectivity index is 2.02. The Hall–Kier alpha value is -1.27. The van der Waals surface area contributed by atoms with Gasteiger partial charge < -0.3 is 15.8 Å². The topological polar surface area (TPSA) is 73.1 Å².